The second kappa shape index (κ2) is 15.9. The highest BCUT2D eigenvalue weighted by atomic mass is 32.2. The molecule has 2 amide bonds. The molecule has 1 aromatic carbocycles. The Bertz CT molecular complexity index is 932. The lowest BCUT2D eigenvalue weighted by molar-refractivity contribution is -0.138. The third-order valence-corrected chi connectivity index (χ3v) is 7.50. The maximum atomic E-state index is 13.6. The largest absolute Gasteiger partial charge is 0.463 e. The Balaban J connectivity index is 3.15. The van der Waals surface area contributed by atoms with Gasteiger partial charge in [-0.1, -0.05) is 24.3 Å². The van der Waals surface area contributed by atoms with Gasteiger partial charge in [0.25, 0.3) is 0 Å². The van der Waals surface area contributed by atoms with Crippen molar-refractivity contribution in [2.45, 2.75) is 59.0 Å². The highest BCUT2D eigenvalue weighted by Gasteiger charge is 2.36. The first-order valence-corrected chi connectivity index (χ1v) is 14.6. The first-order valence-electron chi connectivity index (χ1n) is 12.3. The average molecular weight is 555 g/mol. The summed E-state index contributed by atoms with van der Waals surface area (Å²) >= 11 is 3.43. The van der Waals surface area contributed by atoms with Crippen LogP contribution >= 0.6 is 23.5 Å². The molecule has 0 heterocycles. The van der Waals surface area contributed by atoms with E-state index in [-0.39, 0.29) is 18.5 Å². The zero-order chi connectivity index (χ0) is 28.1. The third kappa shape index (κ3) is 11.8. The summed E-state index contributed by atoms with van der Waals surface area (Å²) in [6, 6.07) is 7.48. The molecule has 0 aliphatic carbocycles. The van der Waals surface area contributed by atoms with Crippen LogP contribution in [0.25, 0.3) is 6.08 Å². The Labute approximate surface area is 229 Å². The third-order valence-electron chi connectivity index (χ3n) is 5.30. The van der Waals surface area contributed by atoms with E-state index >= 15 is 0 Å². The number of nitrogens with zero attached hydrogens (tertiary/aromatic N) is 1. The molecule has 0 bridgehead atoms. The topological polar surface area (TPSA) is 105 Å². The first kappa shape index (κ1) is 32.9. The van der Waals surface area contributed by atoms with Crippen molar-refractivity contribution in [3.8, 4) is 0 Å². The van der Waals surface area contributed by atoms with Crippen LogP contribution in [0.5, 0.6) is 0 Å². The fraction of sp³-hybridized carbons (Fsp3) is 0.593. The van der Waals surface area contributed by atoms with E-state index in [1.54, 1.807) is 64.2 Å². The number of carbonyl (C=O) groups excluding carboxylic acids is 3. The number of hydrazine groups is 1. The number of carbonyl (C=O) groups is 3. The van der Waals surface area contributed by atoms with Crippen LogP contribution in [0.1, 0.15) is 59.1 Å². The fourth-order valence-corrected chi connectivity index (χ4v) is 5.26. The SMILES string of the molecule is CCOC(=O)C(C)=Cc1cccc(C(C)(CCSCCSCCO)C(=O)NN(C)C(=O)OC(C)(C)C)c1. The van der Waals surface area contributed by atoms with Crippen molar-refractivity contribution in [2.75, 3.05) is 43.3 Å². The second-order valence-electron chi connectivity index (χ2n) is 9.68. The Morgan fingerprint density at radius 2 is 1.73 bits per heavy atom. The summed E-state index contributed by atoms with van der Waals surface area (Å²) in [5.74, 6) is 2.54. The van der Waals surface area contributed by atoms with Crippen LogP contribution < -0.4 is 5.43 Å². The molecule has 8 nitrogen and oxygen atoms in total. The van der Waals surface area contributed by atoms with Gasteiger partial charge in [-0.3, -0.25) is 10.2 Å². The van der Waals surface area contributed by atoms with Gasteiger partial charge in [0.2, 0.25) is 5.91 Å². The van der Waals surface area contributed by atoms with Crippen molar-refractivity contribution in [1.29, 1.82) is 0 Å². The highest BCUT2D eigenvalue weighted by molar-refractivity contribution is 8.02. The molecule has 0 saturated heterocycles. The Morgan fingerprint density at radius 1 is 1.08 bits per heavy atom. The van der Waals surface area contributed by atoms with E-state index in [9.17, 15) is 14.4 Å². The van der Waals surface area contributed by atoms with Gasteiger partial charge in [0.15, 0.2) is 0 Å². The number of rotatable bonds is 13. The van der Waals surface area contributed by atoms with Crippen LogP contribution in [0.4, 0.5) is 4.79 Å². The number of nitrogens with one attached hydrogen (secondary N) is 1. The van der Waals surface area contributed by atoms with Gasteiger partial charge in [-0.15, -0.1) is 0 Å². The van der Waals surface area contributed by atoms with E-state index in [1.165, 1.54) is 7.05 Å². The van der Waals surface area contributed by atoms with Gasteiger partial charge < -0.3 is 14.6 Å². The molecule has 10 heteroatoms. The van der Waals surface area contributed by atoms with Gasteiger partial charge in [-0.05, 0) is 70.9 Å². The quantitative estimate of drug-likeness (QED) is 0.157. The van der Waals surface area contributed by atoms with Crippen LogP contribution in [0.15, 0.2) is 29.8 Å². The average Bonchev–Trinajstić information content (AvgIpc) is 2.82. The van der Waals surface area contributed by atoms with Crippen molar-refractivity contribution in [2.24, 2.45) is 0 Å². The van der Waals surface area contributed by atoms with Crippen LogP contribution in [-0.2, 0) is 24.5 Å². The van der Waals surface area contributed by atoms with E-state index in [4.69, 9.17) is 14.6 Å². The number of hydrogen-bond donors (Lipinski definition) is 2. The lowest BCUT2D eigenvalue weighted by Crippen LogP contribution is -2.52. The second-order valence-corrected chi connectivity index (χ2v) is 12.1. The van der Waals surface area contributed by atoms with E-state index < -0.39 is 17.1 Å². The van der Waals surface area contributed by atoms with Crippen molar-refractivity contribution in [1.82, 2.24) is 10.4 Å². The molecule has 0 aromatic heterocycles. The molecule has 0 spiro atoms. The van der Waals surface area contributed by atoms with E-state index in [0.29, 0.717) is 24.4 Å². The monoisotopic (exact) mass is 554 g/mol. The number of esters is 1. The molecule has 208 valence electrons. The van der Waals surface area contributed by atoms with Crippen molar-refractivity contribution < 1.29 is 29.0 Å². The molecule has 1 atom stereocenters. The van der Waals surface area contributed by atoms with Gasteiger partial charge in [0.05, 0.1) is 18.6 Å². The smallest absolute Gasteiger partial charge is 0.428 e. The maximum absolute atomic E-state index is 13.6. The Hall–Kier alpha value is -2.17. The number of thioether (sulfide) groups is 2. The summed E-state index contributed by atoms with van der Waals surface area (Å²) in [7, 11) is 1.46. The molecule has 1 aromatic rings. The lowest BCUT2D eigenvalue weighted by Gasteiger charge is -2.32. The molecule has 0 fully saturated rings. The molecule has 37 heavy (non-hydrogen) atoms. The molecule has 0 aliphatic heterocycles. The molecule has 2 N–H and O–H groups in total. The van der Waals surface area contributed by atoms with Crippen LogP contribution in [0, 0.1) is 0 Å². The minimum absolute atomic E-state index is 0.166. The van der Waals surface area contributed by atoms with Gasteiger partial charge in [0.1, 0.15) is 5.60 Å². The molecular weight excluding hydrogens is 512 g/mol. The van der Waals surface area contributed by atoms with Gasteiger partial charge in [-0.25, -0.2) is 14.6 Å². The van der Waals surface area contributed by atoms with Gasteiger partial charge in [-0.2, -0.15) is 23.5 Å². The number of hydrogen-bond acceptors (Lipinski definition) is 8. The minimum atomic E-state index is -0.955. The van der Waals surface area contributed by atoms with Gasteiger partial charge >= 0.3 is 12.1 Å². The summed E-state index contributed by atoms with van der Waals surface area (Å²) in [5.41, 5.74) is 3.05. The van der Waals surface area contributed by atoms with Crippen LogP contribution in [-0.4, -0.2) is 77.0 Å². The van der Waals surface area contributed by atoms with E-state index in [2.05, 4.69) is 5.43 Å². The molecule has 0 aliphatic rings. The zero-order valence-electron chi connectivity index (χ0n) is 23.1. The van der Waals surface area contributed by atoms with Crippen LogP contribution in [0.2, 0.25) is 0 Å². The first-order chi connectivity index (χ1) is 17.3. The fourth-order valence-electron chi connectivity index (χ4n) is 3.23. The molecule has 1 unspecified atom stereocenters. The minimum Gasteiger partial charge on any atom is -0.463 e. The zero-order valence-corrected chi connectivity index (χ0v) is 24.7. The number of aliphatic hydroxyl groups is 1. The summed E-state index contributed by atoms with van der Waals surface area (Å²) in [6.07, 6.45) is 1.61. The summed E-state index contributed by atoms with van der Waals surface area (Å²) in [4.78, 5) is 38.1. The normalized spacial score (nSPS) is 13.5. The summed E-state index contributed by atoms with van der Waals surface area (Å²) in [5, 5.41) is 10.0. The number of aliphatic hydroxyl groups excluding tert-OH is 1. The lowest BCUT2D eigenvalue weighted by atomic mass is 9.78. The molecular formula is C27H42N2O6S2. The number of ether oxygens (including phenoxy) is 2. The maximum Gasteiger partial charge on any atom is 0.428 e. The predicted octanol–water partition coefficient (Wildman–Crippen LogP) is 4.66. The molecule has 1 rings (SSSR count). The number of amides is 2. The Kier molecular flexibility index (Phi) is 14.2. The standard InChI is InChI=1S/C27H42N2O6S2/c1-8-34-23(31)20(2)18-21-10-9-11-22(19-21)27(6,12-14-36-16-17-37-15-13-30)24(32)28-29(7)25(33)35-26(3,4)5/h9-11,18-19,30H,8,12-17H2,1-7H3,(H,28,32). The van der Waals surface area contributed by atoms with Crippen molar-refractivity contribution in [3.63, 3.8) is 0 Å². The summed E-state index contributed by atoms with van der Waals surface area (Å²) < 4.78 is 10.4. The highest BCUT2D eigenvalue weighted by Crippen LogP contribution is 2.31. The van der Waals surface area contributed by atoms with Crippen molar-refractivity contribution in [3.05, 3.63) is 41.0 Å². The number of benzene rings is 1. The summed E-state index contributed by atoms with van der Waals surface area (Å²) in [6.45, 7) is 11.1. The van der Waals surface area contributed by atoms with Gasteiger partial charge in [0, 0.05) is 29.9 Å². The predicted molar refractivity (Wildman–Crippen MR) is 153 cm³/mol. The van der Waals surface area contributed by atoms with Crippen LogP contribution in [0.3, 0.4) is 0 Å². The molecule has 0 saturated carbocycles. The van der Waals surface area contributed by atoms with Crippen molar-refractivity contribution >= 4 is 47.6 Å². The van der Waals surface area contributed by atoms with E-state index in [0.717, 1.165) is 33.4 Å². The molecule has 0 radical (unpaired) electrons. The van der Waals surface area contributed by atoms with E-state index in [1.807, 2.05) is 31.2 Å². The Morgan fingerprint density at radius 3 is 2.32 bits per heavy atom.